The second-order valence-corrected chi connectivity index (χ2v) is 7.49. The highest BCUT2D eigenvalue weighted by Gasteiger charge is 2.28. The van der Waals surface area contributed by atoms with E-state index >= 15 is 0 Å². The van der Waals surface area contributed by atoms with Crippen molar-refractivity contribution < 1.29 is 13.4 Å². The van der Waals surface area contributed by atoms with E-state index in [4.69, 9.17) is 0 Å². The summed E-state index contributed by atoms with van der Waals surface area (Å²) < 4.78 is 26.5. The molecule has 1 N–H and O–H groups in total. The number of carbonyl (C=O) groups excluding carboxylic acids is 1. The second kappa shape index (κ2) is 6.23. The average Bonchev–Trinajstić information content (AvgIpc) is 2.97. The minimum absolute atomic E-state index is 0.108. The molecule has 0 bridgehead atoms. The van der Waals surface area contributed by atoms with Gasteiger partial charge in [-0.1, -0.05) is 13.8 Å². The monoisotopic (exact) mass is 335 g/mol. The van der Waals surface area contributed by atoms with Crippen LogP contribution in [0.15, 0.2) is 24.3 Å². The number of halogens is 1. The summed E-state index contributed by atoms with van der Waals surface area (Å²) in [5.41, 5.74) is 2.20. The first-order valence-electron chi connectivity index (χ1n) is 7.45. The van der Waals surface area contributed by atoms with Crippen LogP contribution in [0.3, 0.4) is 0 Å². The zero-order valence-corrected chi connectivity index (χ0v) is 13.8. The molecular formula is C16H18FN3O2S. The number of aromatic nitrogens is 2. The number of nitrogens with zero attached hydrogens (tertiary/aromatic N) is 2. The zero-order chi connectivity index (χ0) is 16.6. The van der Waals surface area contributed by atoms with Crippen molar-refractivity contribution >= 4 is 22.5 Å². The Hall–Kier alpha value is -2.02. The smallest absolute Gasteiger partial charge is 0.225 e. The van der Waals surface area contributed by atoms with Crippen molar-refractivity contribution in [2.75, 3.05) is 5.32 Å². The molecule has 0 unspecified atom stereocenters. The molecule has 3 rings (SSSR count). The van der Waals surface area contributed by atoms with Crippen LogP contribution in [0.25, 0.3) is 5.69 Å². The first-order chi connectivity index (χ1) is 10.9. The van der Waals surface area contributed by atoms with Gasteiger partial charge in [0, 0.05) is 22.8 Å². The topological polar surface area (TPSA) is 64.0 Å². The molecule has 0 saturated heterocycles. The molecule has 1 aromatic heterocycles. The van der Waals surface area contributed by atoms with Crippen molar-refractivity contribution in [1.29, 1.82) is 0 Å². The number of hydrogen-bond donors (Lipinski definition) is 1. The fraction of sp³-hybridized carbons (Fsp3) is 0.375. The number of rotatable bonds is 4. The summed E-state index contributed by atoms with van der Waals surface area (Å²) in [5, 5.41) is 7.35. The molecule has 122 valence electrons. The SMILES string of the molecule is CC(C)CC(=O)Nc1c2c(nn1-c1ccc(F)cc1)C[S@](=O)C2. The number of nitrogens with one attached hydrogen (secondary N) is 1. The molecule has 2 heterocycles. The highest BCUT2D eigenvalue weighted by atomic mass is 32.2. The molecule has 5 nitrogen and oxygen atoms in total. The van der Waals surface area contributed by atoms with Crippen LogP contribution in [0, 0.1) is 11.7 Å². The third kappa shape index (κ3) is 3.34. The Morgan fingerprint density at radius 1 is 1.35 bits per heavy atom. The van der Waals surface area contributed by atoms with Gasteiger partial charge in [-0.05, 0) is 30.2 Å². The summed E-state index contributed by atoms with van der Waals surface area (Å²) in [7, 11) is -0.980. The van der Waals surface area contributed by atoms with E-state index in [1.807, 2.05) is 13.8 Å². The van der Waals surface area contributed by atoms with Gasteiger partial charge in [0.25, 0.3) is 0 Å². The molecule has 1 aliphatic rings. The lowest BCUT2D eigenvalue weighted by molar-refractivity contribution is -0.116. The van der Waals surface area contributed by atoms with Gasteiger partial charge in [0.15, 0.2) is 0 Å². The van der Waals surface area contributed by atoms with Gasteiger partial charge >= 0.3 is 0 Å². The second-order valence-electron chi connectivity index (χ2n) is 6.04. The van der Waals surface area contributed by atoms with Crippen LogP contribution in [0.5, 0.6) is 0 Å². The summed E-state index contributed by atoms with van der Waals surface area (Å²) in [5.74, 6) is 1.11. The average molecular weight is 335 g/mol. The van der Waals surface area contributed by atoms with Crippen molar-refractivity contribution in [3.05, 3.63) is 41.3 Å². The lowest BCUT2D eigenvalue weighted by Gasteiger charge is -2.12. The predicted octanol–water partition coefficient (Wildman–Crippen LogP) is 2.76. The Kier molecular flexibility index (Phi) is 4.30. The third-order valence-corrected chi connectivity index (χ3v) is 4.80. The van der Waals surface area contributed by atoms with Gasteiger partial charge in [-0.25, -0.2) is 9.07 Å². The minimum Gasteiger partial charge on any atom is -0.310 e. The van der Waals surface area contributed by atoms with Crippen LogP contribution >= 0.6 is 0 Å². The fourth-order valence-corrected chi connectivity index (χ4v) is 3.84. The van der Waals surface area contributed by atoms with E-state index in [-0.39, 0.29) is 17.6 Å². The Balaban J connectivity index is 1.99. The molecule has 1 amide bonds. The largest absolute Gasteiger partial charge is 0.310 e. The minimum atomic E-state index is -0.980. The van der Waals surface area contributed by atoms with Crippen molar-refractivity contribution in [1.82, 2.24) is 9.78 Å². The van der Waals surface area contributed by atoms with Crippen molar-refractivity contribution in [2.45, 2.75) is 31.8 Å². The van der Waals surface area contributed by atoms with Gasteiger partial charge in [-0.3, -0.25) is 9.00 Å². The van der Waals surface area contributed by atoms with Crippen LogP contribution in [0.1, 0.15) is 31.5 Å². The summed E-state index contributed by atoms with van der Waals surface area (Å²) in [4.78, 5) is 12.2. The molecule has 1 atom stereocenters. The summed E-state index contributed by atoms with van der Waals surface area (Å²) in [6.45, 7) is 3.94. The molecule has 0 saturated carbocycles. The number of anilines is 1. The summed E-state index contributed by atoms with van der Waals surface area (Å²) in [6, 6.07) is 5.90. The number of hydrogen-bond acceptors (Lipinski definition) is 3. The molecule has 1 aromatic carbocycles. The van der Waals surface area contributed by atoms with E-state index in [0.717, 1.165) is 11.3 Å². The Morgan fingerprint density at radius 3 is 2.70 bits per heavy atom. The number of benzene rings is 1. The molecule has 7 heteroatoms. The van der Waals surface area contributed by atoms with Crippen LogP contribution < -0.4 is 5.32 Å². The molecule has 23 heavy (non-hydrogen) atoms. The Morgan fingerprint density at radius 2 is 2.04 bits per heavy atom. The maximum Gasteiger partial charge on any atom is 0.225 e. The molecule has 1 aliphatic heterocycles. The van der Waals surface area contributed by atoms with Gasteiger partial charge < -0.3 is 5.32 Å². The highest BCUT2D eigenvalue weighted by Crippen LogP contribution is 2.31. The molecule has 2 aromatic rings. The van der Waals surface area contributed by atoms with E-state index in [0.29, 0.717) is 29.4 Å². The Bertz CT molecular complexity index is 768. The van der Waals surface area contributed by atoms with Crippen molar-refractivity contribution in [3.63, 3.8) is 0 Å². The lowest BCUT2D eigenvalue weighted by atomic mass is 10.1. The van der Waals surface area contributed by atoms with Gasteiger partial charge in [-0.15, -0.1) is 0 Å². The maximum absolute atomic E-state index is 13.1. The molecular weight excluding hydrogens is 317 g/mol. The summed E-state index contributed by atoms with van der Waals surface area (Å²) >= 11 is 0. The molecule has 0 aliphatic carbocycles. The third-order valence-electron chi connectivity index (χ3n) is 3.59. The standard InChI is InChI=1S/C16H18FN3O2S/c1-10(2)7-15(21)18-16-13-8-23(22)9-14(13)19-20(16)12-5-3-11(17)4-6-12/h3-6,10H,7-9H2,1-2H3,(H,18,21)/t23-/m1/s1. The number of amides is 1. The van der Waals surface area contributed by atoms with Crippen molar-refractivity contribution in [3.8, 4) is 5.69 Å². The van der Waals surface area contributed by atoms with Crippen LogP contribution in [-0.2, 0) is 27.1 Å². The van der Waals surface area contributed by atoms with Gasteiger partial charge in [0.1, 0.15) is 11.6 Å². The van der Waals surface area contributed by atoms with Crippen LogP contribution in [-0.4, -0.2) is 19.9 Å². The first kappa shape index (κ1) is 15.9. The van der Waals surface area contributed by atoms with E-state index < -0.39 is 10.8 Å². The normalized spacial score (nSPS) is 16.6. The van der Waals surface area contributed by atoms with Crippen LogP contribution in [0.2, 0.25) is 0 Å². The van der Waals surface area contributed by atoms with Gasteiger partial charge in [0.2, 0.25) is 5.91 Å². The lowest BCUT2D eigenvalue weighted by Crippen LogP contribution is -2.17. The van der Waals surface area contributed by atoms with Gasteiger partial charge in [0.05, 0.1) is 22.9 Å². The highest BCUT2D eigenvalue weighted by molar-refractivity contribution is 7.83. The maximum atomic E-state index is 13.1. The molecule has 0 spiro atoms. The Labute approximate surface area is 136 Å². The van der Waals surface area contributed by atoms with E-state index in [2.05, 4.69) is 10.4 Å². The predicted molar refractivity (Wildman–Crippen MR) is 87.2 cm³/mol. The van der Waals surface area contributed by atoms with Crippen LogP contribution in [0.4, 0.5) is 10.2 Å². The van der Waals surface area contributed by atoms with Gasteiger partial charge in [-0.2, -0.15) is 5.10 Å². The zero-order valence-electron chi connectivity index (χ0n) is 13.0. The van der Waals surface area contributed by atoms with E-state index in [1.54, 1.807) is 16.8 Å². The quantitative estimate of drug-likeness (QED) is 0.934. The molecule has 0 fully saturated rings. The van der Waals surface area contributed by atoms with E-state index in [9.17, 15) is 13.4 Å². The molecule has 0 radical (unpaired) electrons. The van der Waals surface area contributed by atoms with Crippen molar-refractivity contribution in [2.24, 2.45) is 5.92 Å². The van der Waals surface area contributed by atoms with E-state index in [1.165, 1.54) is 12.1 Å². The number of carbonyl (C=O) groups is 1. The summed E-state index contributed by atoms with van der Waals surface area (Å²) in [6.07, 6.45) is 0.395. The number of fused-ring (bicyclic) bond motifs is 1. The first-order valence-corrected chi connectivity index (χ1v) is 8.94. The fourth-order valence-electron chi connectivity index (χ4n) is 2.58.